The molecule has 0 aromatic carbocycles. The molecule has 2 rings (SSSR count). The highest BCUT2D eigenvalue weighted by atomic mass is 16.3. The average Bonchev–Trinajstić information content (AvgIpc) is 2.70. The molecule has 0 amide bonds. The predicted molar refractivity (Wildman–Crippen MR) is 74.9 cm³/mol. The number of aliphatic hydroxyl groups is 1. The SMILES string of the molecule is CC(C)c1nccc(CN2C[C@H](O)[C@@H](N(C)C)C2)n1. The molecule has 0 spiro atoms. The minimum absolute atomic E-state index is 0.214. The molecule has 1 N–H and O–H groups in total. The summed E-state index contributed by atoms with van der Waals surface area (Å²) >= 11 is 0. The minimum atomic E-state index is -0.276. The van der Waals surface area contributed by atoms with Crippen LogP contribution in [0.2, 0.25) is 0 Å². The summed E-state index contributed by atoms with van der Waals surface area (Å²) in [6.45, 7) is 6.57. The van der Waals surface area contributed by atoms with E-state index in [2.05, 4.69) is 33.6 Å². The topological polar surface area (TPSA) is 52.5 Å². The van der Waals surface area contributed by atoms with Crippen molar-refractivity contribution in [2.24, 2.45) is 0 Å². The van der Waals surface area contributed by atoms with Crippen molar-refractivity contribution < 1.29 is 5.11 Å². The summed E-state index contributed by atoms with van der Waals surface area (Å²) < 4.78 is 0. The van der Waals surface area contributed by atoms with Crippen molar-refractivity contribution in [3.63, 3.8) is 0 Å². The summed E-state index contributed by atoms with van der Waals surface area (Å²) in [5.41, 5.74) is 1.03. The van der Waals surface area contributed by atoms with Crippen LogP contribution in [0.3, 0.4) is 0 Å². The Morgan fingerprint density at radius 3 is 2.74 bits per heavy atom. The summed E-state index contributed by atoms with van der Waals surface area (Å²) in [7, 11) is 4.03. The lowest BCUT2D eigenvalue weighted by Gasteiger charge is -2.21. The lowest BCUT2D eigenvalue weighted by molar-refractivity contribution is 0.112. The maximum absolute atomic E-state index is 10.0. The smallest absolute Gasteiger partial charge is 0.131 e. The van der Waals surface area contributed by atoms with Crippen LogP contribution >= 0.6 is 0 Å². The van der Waals surface area contributed by atoms with Crippen LogP contribution in [0.15, 0.2) is 12.3 Å². The molecule has 19 heavy (non-hydrogen) atoms. The summed E-state index contributed by atoms with van der Waals surface area (Å²) in [5.74, 6) is 1.24. The number of likely N-dealkylation sites (N-methyl/N-ethyl adjacent to an activating group) is 1. The molecular formula is C14H24N4O. The van der Waals surface area contributed by atoms with Gasteiger partial charge in [0.2, 0.25) is 0 Å². The monoisotopic (exact) mass is 264 g/mol. The van der Waals surface area contributed by atoms with Crippen LogP contribution in [-0.4, -0.2) is 64.2 Å². The number of rotatable bonds is 4. The van der Waals surface area contributed by atoms with Gasteiger partial charge in [-0.2, -0.15) is 0 Å². The molecule has 1 saturated heterocycles. The van der Waals surface area contributed by atoms with Crippen molar-refractivity contribution in [2.45, 2.75) is 38.5 Å². The number of β-amino-alcohol motifs (C(OH)–C–C–N with tert-alkyl or cyclic N) is 1. The van der Waals surface area contributed by atoms with Crippen LogP contribution in [0.25, 0.3) is 0 Å². The van der Waals surface area contributed by atoms with Crippen LogP contribution in [0.1, 0.15) is 31.3 Å². The molecule has 1 fully saturated rings. The van der Waals surface area contributed by atoms with E-state index in [4.69, 9.17) is 0 Å². The fourth-order valence-electron chi connectivity index (χ4n) is 2.49. The molecule has 1 aromatic heterocycles. The molecular weight excluding hydrogens is 240 g/mol. The van der Waals surface area contributed by atoms with E-state index in [9.17, 15) is 5.11 Å². The van der Waals surface area contributed by atoms with Crippen molar-refractivity contribution in [1.82, 2.24) is 19.8 Å². The Labute approximate surface area is 115 Å². The van der Waals surface area contributed by atoms with Crippen LogP contribution in [-0.2, 0) is 6.54 Å². The number of hydrogen-bond donors (Lipinski definition) is 1. The first-order valence-electron chi connectivity index (χ1n) is 6.86. The van der Waals surface area contributed by atoms with Gasteiger partial charge >= 0.3 is 0 Å². The highest BCUT2D eigenvalue weighted by Gasteiger charge is 2.32. The van der Waals surface area contributed by atoms with E-state index in [1.807, 2.05) is 26.4 Å². The van der Waals surface area contributed by atoms with Crippen molar-refractivity contribution in [3.8, 4) is 0 Å². The van der Waals surface area contributed by atoms with Gasteiger partial charge in [-0.25, -0.2) is 9.97 Å². The Bertz CT molecular complexity index is 422. The van der Waals surface area contributed by atoms with E-state index in [1.165, 1.54) is 0 Å². The Kier molecular flexibility index (Phi) is 4.50. The van der Waals surface area contributed by atoms with Gasteiger partial charge in [0.15, 0.2) is 0 Å². The fraction of sp³-hybridized carbons (Fsp3) is 0.714. The number of hydrogen-bond acceptors (Lipinski definition) is 5. The number of nitrogens with zero attached hydrogens (tertiary/aromatic N) is 4. The minimum Gasteiger partial charge on any atom is -0.390 e. The molecule has 5 heteroatoms. The molecule has 1 aliphatic rings. The van der Waals surface area contributed by atoms with E-state index in [-0.39, 0.29) is 12.1 Å². The van der Waals surface area contributed by atoms with E-state index >= 15 is 0 Å². The number of aliphatic hydroxyl groups excluding tert-OH is 1. The van der Waals surface area contributed by atoms with Crippen LogP contribution < -0.4 is 0 Å². The van der Waals surface area contributed by atoms with Crippen molar-refractivity contribution >= 4 is 0 Å². The van der Waals surface area contributed by atoms with Crippen molar-refractivity contribution in [3.05, 3.63) is 23.8 Å². The first-order chi connectivity index (χ1) is 8.97. The van der Waals surface area contributed by atoms with Gasteiger partial charge in [-0.05, 0) is 20.2 Å². The lowest BCUT2D eigenvalue weighted by Crippen LogP contribution is -2.37. The lowest BCUT2D eigenvalue weighted by atomic mass is 10.2. The second-order valence-corrected chi connectivity index (χ2v) is 5.85. The van der Waals surface area contributed by atoms with Gasteiger partial charge in [0.05, 0.1) is 11.8 Å². The van der Waals surface area contributed by atoms with Crippen LogP contribution in [0.5, 0.6) is 0 Å². The highest BCUT2D eigenvalue weighted by Crippen LogP contribution is 2.17. The molecule has 1 aromatic rings. The van der Waals surface area contributed by atoms with Gasteiger partial charge in [-0.1, -0.05) is 13.8 Å². The third-order valence-corrected chi connectivity index (χ3v) is 3.63. The molecule has 0 aliphatic carbocycles. The van der Waals surface area contributed by atoms with Gasteiger partial charge in [0.25, 0.3) is 0 Å². The maximum Gasteiger partial charge on any atom is 0.131 e. The molecule has 106 valence electrons. The highest BCUT2D eigenvalue weighted by molar-refractivity contribution is 5.05. The van der Waals surface area contributed by atoms with E-state index < -0.39 is 0 Å². The summed E-state index contributed by atoms with van der Waals surface area (Å²) in [6.07, 6.45) is 1.55. The number of aromatic nitrogens is 2. The Balaban J connectivity index is 2.01. The van der Waals surface area contributed by atoms with Gasteiger partial charge in [-0.15, -0.1) is 0 Å². The zero-order valence-corrected chi connectivity index (χ0v) is 12.2. The van der Waals surface area contributed by atoms with E-state index in [0.717, 1.165) is 24.6 Å². The van der Waals surface area contributed by atoms with Crippen LogP contribution in [0, 0.1) is 0 Å². The molecule has 5 nitrogen and oxygen atoms in total. The van der Waals surface area contributed by atoms with Gasteiger partial charge in [-0.3, -0.25) is 4.90 Å². The Morgan fingerprint density at radius 2 is 2.16 bits per heavy atom. The maximum atomic E-state index is 10.0. The molecule has 0 radical (unpaired) electrons. The van der Waals surface area contributed by atoms with Crippen LogP contribution in [0.4, 0.5) is 0 Å². The summed E-state index contributed by atoms with van der Waals surface area (Å²) in [4.78, 5) is 13.2. The molecule has 0 unspecified atom stereocenters. The molecule has 0 bridgehead atoms. The first-order valence-corrected chi connectivity index (χ1v) is 6.86. The molecule has 2 atom stereocenters. The quantitative estimate of drug-likeness (QED) is 0.868. The normalized spacial score (nSPS) is 24.6. The van der Waals surface area contributed by atoms with Crippen molar-refractivity contribution in [1.29, 1.82) is 0 Å². The second-order valence-electron chi connectivity index (χ2n) is 5.85. The fourth-order valence-corrected chi connectivity index (χ4v) is 2.49. The van der Waals surface area contributed by atoms with E-state index in [0.29, 0.717) is 12.5 Å². The summed E-state index contributed by atoms with van der Waals surface area (Å²) in [5, 5.41) is 10.0. The predicted octanol–water partition coefficient (Wildman–Crippen LogP) is 0.707. The van der Waals surface area contributed by atoms with Crippen molar-refractivity contribution in [2.75, 3.05) is 27.2 Å². The zero-order chi connectivity index (χ0) is 14.0. The van der Waals surface area contributed by atoms with Gasteiger partial charge < -0.3 is 10.0 Å². The Morgan fingerprint density at radius 1 is 1.42 bits per heavy atom. The first kappa shape index (κ1) is 14.4. The number of likely N-dealkylation sites (tertiary alicyclic amines) is 1. The Hall–Kier alpha value is -1.04. The largest absolute Gasteiger partial charge is 0.390 e. The van der Waals surface area contributed by atoms with Gasteiger partial charge in [0, 0.05) is 37.8 Å². The summed E-state index contributed by atoms with van der Waals surface area (Å²) in [6, 6.07) is 2.17. The molecule has 0 saturated carbocycles. The second kappa shape index (κ2) is 5.94. The van der Waals surface area contributed by atoms with Gasteiger partial charge in [0.1, 0.15) is 5.82 Å². The van der Waals surface area contributed by atoms with E-state index in [1.54, 1.807) is 0 Å². The third-order valence-electron chi connectivity index (χ3n) is 3.63. The zero-order valence-electron chi connectivity index (χ0n) is 12.2. The molecule has 2 heterocycles. The average molecular weight is 264 g/mol. The third kappa shape index (κ3) is 3.49. The molecule has 1 aliphatic heterocycles. The standard InChI is InChI=1S/C14H24N4O/c1-10(2)14-15-6-5-11(16-14)7-18-8-12(17(3)4)13(19)9-18/h5-6,10,12-13,19H,7-9H2,1-4H3/t12-,13-/m0/s1.